The summed E-state index contributed by atoms with van der Waals surface area (Å²) in [6.07, 6.45) is 1.53. The molecule has 0 unspecified atom stereocenters. The summed E-state index contributed by atoms with van der Waals surface area (Å²) in [4.78, 5) is 29.2. The fourth-order valence-corrected chi connectivity index (χ4v) is 7.83. The SMILES string of the molecule is CC(C)CN([C@H](CO)CCCCNC(=O)[C@@H](NC(=O)N1CCNCC1)C(c1ccccc1)c1ccccc1)S(=O)(=O)c1ccc(N)cc1. The third-order valence-electron chi connectivity index (χ3n) is 8.53. The van der Waals surface area contributed by atoms with Crippen molar-refractivity contribution in [3.63, 3.8) is 0 Å². The topological polar surface area (TPSA) is 157 Å². The van der Waals surface area contributed by atoms with Crippen LogP contribution in [0.1, 0.15) is 50.2 Å². The Balaban J connectivity index is 1.46. The lowest BCUT2D eigenvalue weighted by molar-refractivity contribution is -0.123. The van der Waals surface area contributed by atoms with Gasteiger partial charge >= 0.3 is 6.03 Å². The van der Waals surface area contributed by atoms with E-state index in [4.69, 9.17) is 5.73 Å². The fraction of sp³-hybridized carbons (Fsp3) is 0.444. The van der Waals surface area contributed by atoms with Crippen LogP contribution in [-0.4, -0.2) is 92.6 Å². The fourth-order valence-electron chi connectivity index (χ4n) is 6.02. The number of sulfonamides is 1. The number of hydrogen-bond acceptors (Lipinski definition) is 7. The summed E-state index contributed by atoms with van der Waals surface area (Å²) >= 11 is 0. The molecule has 1 aliphatic heterocycles. The minimum Gasteiger partial charge on any atom is -0.399 e. The Bertz CT molecular complexity index is 1490. The number of carbonyl (C=O) groups is 2. The van der Waals surface area contributed by atoms with E-state index in [2.05, 4.69) is 16.0 Å². The van der Waals surface area contributed by atoms with Crippen LogP contribution in [0.4, 0.5) is 10.5 Å². The van der Waals surface area contributed by atoms with Crippen molar-refractivity contribution in [3.8, 4) is 0 Å². The zero-order valence-electron chi connectivity index (χ0n) is 27.9. The van der Waals surface area contributed by atoms with E-state index in [0.717, 1.165) is 11.1 Å². The number of aliphatic hydroxyl groups is 1. The Kier molecular flexibility index (Phi) is 13.8. The molecule has 1 aliphatic rings. The number of nitrogen functional groups attached to an aromatic ring is 1. The third kappa shape index (κ3) is 10.0. The maximum atomic E-state index is 14.0. The molecule has 48 heavy (non-hydrogen) atoms. The number of benzene rings is 3. The van der Waals surface area contributed by atoms with Crippen LogP contribution in [-0.2, 0) is 14.8 Å². The smallest absolute Gasteiger partial charge is 0.318 e. The monoisotopic (exact) mass is 678 g/mol. The summed E-state index contributed by atoms with van der Waals surface area (Å²) in [5, 5.41) is 19.6. The van der Waals surface area contributed by atoms with Crippen molar-refractivity contribution in [1.82, 2.24) is 25.2 Å². The molecule has 3 aromatic carbocycles. The number of nitrogens with one attached hydrogen (secondary N) is 3. The van der Waals surface area contributed by atoms with Crippen molar-refractivity contribution in [2.75, 3.05) is 51.6 Å². The molecule has 0 aliphatic carbocycles. The average Bonchev–Trinajstić information content (AvgIpc) is 3.10. The highest BCUT2D eigenvalue weighted by Crippen LogP contribution is 2.29. The molecule has 1 saturated heterocycles. The molecule has 4 rings (SSSR count). The minimum atomic E-state index is -3.87. The summed E-state index contributed by atoms with van der Waals surface area (Å²) in [7, 11) is -3.87. The van der Waals surface area contributed by atoms with Gasteiger partial charge in [0.15, 0.2) is 0 Å². The Hall–Kier alpha value is -3.97. The van der Waals surface area contributed by atoms with Crippen molar-refractivity contribution < 1.29 is 23.1 Å². The molecule has 0 aromatic heterocycles. The molecule has 0 radical (unpaired) electrons. The van der Waals surface area contributed by atoms with Crippen molar-refractivity contribution in [1.29, 1.82) is 0 Å². The van der Waals surface area contributed by atoms with E-state index in [1.807, 2.05) is 74.5 Å². The Morgan fingerprint density at radius 1 is 0.917 bits per heavy atom. The Morgan fingerprint density at radius 2 is 1.50 bits per heavy atom. The highest BCUT2D eigenvalue weighted by Gasteiger charge is 2.34. The molecule has 6 N–H and O–H groups in total. The number of nitrogens with two attached hydrogens (primary N) is 1. The number of urea groups is 1. The van der Waals surface area contributed by atoms with E-state index in [9.17, 15) is 23.1 Å². The highest BCUT2D eigenvalue weighted by atomic mass is 32.2. The van der Waals surface area contributed by atoms with Crippen LogP contribution in [0.2, 0.25) is 0 Å². The summed E-state index contributed by atoms with van der Waals surface area (Å²) in [5.74, 6) is -0.694. The van der Waals surface area contributed by atoms with Gasteiger partial charge in [-0.1, -0.05) is 80.9 Å². The van der Waals surface area contributed by atoms with Crippen molar-refractivity contribution in [3.05, 3.63) is 96.1 Å². The number of rotatable bonds is 16. The molecule has 3 aromatic rings. The standard InChI is InChI=1S/C36H50N6O5S/c1-27(2)25-42(48(46,47)32-18-16-30(37)17-19-32)31(26-43)15-9-10-20-39-35(44)34(40-36(45)41-23-21-38-22-24-41)33(28-11-5-3-6-12-28)29-13-7-4-8-14-29/h3-8,11-14,16-19,27,31,33-34,38,43H,9-10,15,20-26,37H2,1-2H3,(H,39,44)(H,40,45)/t31-,34-/m0/s1. The number of unbranched alkanes of at least 4 members (excludes halogenated alkanes) is 1. The van der Waals surface area contributed by atoms with Crippen LogP contribution < -0.4 is 21.7 Å². The number of piperazine rings is 1. The molecule has 260 valence electrons. The van der Waals surface area contributed by atoms with E-state index in [-0.39, 0.29) is 35.9 Å². The maximum absolute atomic E-state index is 14.0. The van der Waals surface area contributed by atoms with Crippen molar-refractivity contribution >= 4 is 27.6 Å². The van der Waals surface area contributed by atoms with E-state index < -0.39 is 28.0 Å². The Labute approximate surface area is 284 Å². The second kappa shape index (κ2) is 18.0. The van der Waals surface area contributed by atoms with Crippen LogP contribution in [0.3, 0.4) is 0 Å². The van der Waals surface area contributed by atoms with Crippen LogP contribution >= 0.6 is 0 Å². The lowest BCUT2D eigenvalue weighted by Crippen LogP contribution is -2.57. The zero-order chi connectivity index (χ0) is 34.5. The van der Waals surface area contributed by atoms with Gasteiger partial charge in [-0.05, 0) is 54.2 Å². The zero-order valence-corrected chi connectivity index (χ0v) is 28.7. The van der Waals surface area contributed by atoms with Gasteiger partial charge in [-0.2, -0.15) is 4.31 Å². The van der Waals surface area contributed by atoms with Gasteiger partial charge in [0.2, 0.25) is 15.9 Å². The second-order valence-electron chi connectivity index (χ2n) is 12.6. The quantitative estimate of drug-likeness (QED) is 0.115. The second-order valence-corrected chi connectivity index (χ2v) is 14.5. The molecule has 2 atom stereocenters. The first-order chi connectivity index (χ1) is 23.1. The van der Waals surface area contributed by atoms with Crippen LogP contribution in [0.15, 0.2) is 89.8 Å². The molecule has 1 fully saturated rings. The average molecular weight is 679 g/mol. The van der Waals surface area contributed by atoms with Crippen LogP contribution in [0.5, 0.6) is 0 Å². The molecule has 0 bridgehead atoms. The minimum absolute atomic E-state index is 0.0393. The largest absolute Gasteiger partial charge is 0.399 e. The first kappa shape index (κ1) is 36.9. The van der Waals surface area contributed by atoms with E-state index in [0.29, 0.717) is 57.7 Å². The van der Waals surface area contributed by atoms with Gasteiger partial charge in [0.1, 0.15) is 6.04 Å². The number of anilines is 1. The number of carbonyl (C=O) groups excluding carboxylic acids is 2. The lowest BCUT2D eigenvalue weighted by Gasteiger charge is -2.33. The van der Waals surface area contributed by atoms with Gasteiger partial charge < -0.3 is 31.7 Å². The van der Waals surface area contributed by atoms with Gasteiger partial charge in [0.25, 0.3) is 0 Å². The van der Waals surface area contributed by atoms with E-state index in [1.165, 1.54) is 16.4 Å². The van der Waals surface area contributed by atoms with Gasteiger partial charge in [0, 0.05) is 56.9 Å². The van der Waals surface area contributed by atoms with E-state index >= 15 is 0 Å². The normalized spacial score (nSPS) is 15.0. The van der Waals surface area contributed by atoms with Crippen LogP contribution in [0, 0.1) is 5.92 Å². The predicted molar refractivity (Wildman–Crippen MR) is 189 cm³/mol. The number of nitrogens with zero attached hydrogens (tertiary/aromatic N) is 2. The summed E-state index contributed by atoms with van der Waals surface area (Å²) in [6, 6.07) is 23.7. The van der Waals surface area contributed by atoms with Crippen LogP contribution in [0.25, 0.3) is 0 Å². The molecular formula is C36H50N6O5S. The Morgan fingerprint density at radius 3 is 2.04 bits per heavy atom. The van der Waals surface area contributed by atoms with Gasteiger partial charge in [-0.15, -0.1) is 0 Å². The van der Waals surface area contributed by atoms with Gasteiger partial charge in [-0.3, -0.25) is 4.79 Å². The molecule has 0 saturated carbocycles. The highest BCUT2D eigenvalue weighted by molar-refractivity contribution is 7.89. The number of aliphatic hydroxyl groups excluding tert-OH is 1. The summed E-state index contributed by atoms with van der Waals surface area (Å²) < 4.78 is 28.6. The first-order valence-corrected chi connectivity index (χ1v) is 18.2. The summed E-state index contributed by atoms with van der Waals surface area (Å²) in [6.45, 7) is 6.60. The molecule has 11 nitrogen and oxygen atoms in total. The third-order valence-corrected chi connectivity index (χ3v) is 10.5. The van der Waals surface area contributed by atoms with E-state index in [1.54, 1.807) is 17.0 Å². The number of amides is 3. The molecule has 1 heterocycles. The lowest BCUT2D eigenvalue weighted by atomic mass is 9.84. The first-order valence-electron chi connectivity index (χ1n) is 16.7. The molecule has 0 spiro atoms. The molecular weight excluding hydrogens is 629 g/mol. The van der Waals surface area contributed by atoms with Crippen molar-refractivity contribution in [2.45, 2.75) is 56.0 Å². The van der Waals surface area contributed by atoms with Gasteiger partial charge in [0.05, 0.1) is 11.5 Å². The maximum Gasteiger partial charge on any atom is 0.318 e. The van der Waals surface area contributed by atoms with Crippen molar-refractivity contribution in [2.24, 2.45) is 5.92 Å². The number of hydrogen-bond donors (Lipinski definition) is 5. The molecule has 12 heteroatoms. The molecule has 3 amide bonds. The summed E-state index contributed by atoms with van der Waals surface area (Å²) in [5.41, 5.74) is 8.05. The van der Waals surface area contributed by atoms with Gasteiger partial charge in [-0.25, -0.2) is 13.2 Å². The predicted octanol–water partition coefficient (Wildman–Crippen LogP) is 3.38.